The van der Waals surface area contributed by atoms with Crippen molar-refractivity contribution in [2.45, 2.75) is 22.6 Å². The SMILES string of the molecule is OC(O)(O)CCC(Cl)(Cl)Cl. The summed E-state index contributed by atoms with van der Waals surface area (Å²) >= 11 is 15.7. The average Bonchev–Trinajstić information content (AvgIpc) is 1.57. The Morgan fingerprint density at radius 1 is 0.900 bits per heavy atom. The molecule has 0 amide bonds. The molecule has 0 rings (SSSR count). The number of rotatable bonds is 2. The Morgan fingerprint density at radius 3 is 1.40 bits per heavy atom. The molecule has 0 aliphatic heterocycles. The monoisotopic (exact) mass is 208 g/mol. The van der Waals surface area contributed by atoms with Gasteiger partial charge in [0.1, 0.15) is 0 Å². The highest BCUT2D eigenvalue weighted by molar-refractivity contribution is 6.67. The molecule has 0 aliphatic rings. The van der Waals surface area contributed by atoms with Crippen LogP contribution in [0.3, 0.4) is 0 Å². The van der Waals surface area contributed by atoms with Crippen LogP contribution in [0, 0.1) is 0 Å². The molecule has 0 aromatic carbocycles. The Morgan fingerprint density at radius 2 is 1.30 bits per heavy atom. The lowest BCUT2D eigenvalue weighted by molar-refractivity contribution is -0.314. The van der Waals surface area contributed by atoms with Gasteiger partial charge < -0.3 is 15.3 Å². The molecule has 0 atom stereocenters. The van der Waals surface area contributed by atoms with Crippen molar-refractivity contribution in [1.82, 2.24) is 0 Å². The highest BCUT2D eigenvalue weighted by Gasteiger charge is 2.26. The third kappa shape index (κ3) is 8.75. The van der Waals surface area contributed by atoms with E-state index in [2.05, 4.69) is 0 Å². The summed E-state index contributed by atoms with van der Waals surface area (Å²) in [5.74, 6) is -2.75. The molecule has 6 heteroatoms. The lowest BCUT2D eigenvalue weighted by Gasteiger charge is -2.16. The summed E-state index contributed by atoms with van der Waals surface area (Å²) in [5.41, 5.74) is 0. The lowest BCUT2D eigenvalue weighted by atomic mass is 10.3. The highest BCUT2D eigenvalue weighted by Crippen LogP contribution is 2.32. The number of aliphatic hydroxyl groups is 3. The lowest BCUT2D eigenvalue weighted by Crippen LogP contribution is -2.28. The van der Waals surface area contributed by atoms with Crippen molar-refractivity contribution < 1.29 is 15.3 Å². The van der Waals surface area contributed by atoms with E-state index in [4.69, 9.17) is 50.1 Å². The zero-order chi connectivity index (χ0) is 8.41. The Labute approximate surface area is 73.1 Å². The van der Waals surface area contributed by atoms with Crippen molar-refractivity contribution in [1.29, 1.82) is 0 Å². The minimum atomic E-state index is -2.75. The molecule has 3 nitrogen and oxygen atoms in total. The summed E-state index contributed by atoms with van der Waals surface area (Å²) < 4.78 is -1.56. The molecular weight excluding hydrogens is 202 g/mol. The molecule has 0 unspecified atom stereocenters. The molecule has 0 spiro atoms. The van der Waals surface area contributed by atoms with Gasteiger partial charge in [0.05, 0.1) is 0 Å². The average molecular weight is 209 g/mol. The van der Waals surface area contributed by atoms with Crippen LogP contribution in [0.4, 0.5) is 0 Å². The fourth-order valence-corrected chi connectivity index (χ4v) is 0.593. The van der Waals surface area contributed by atoms with Crippen molar-refractivity contribution in [2.24, 2.45) is 0 Å². The molecule has 3 N–H and O–H groups in total. The molecule has 0 heterocycles. The third-order valence-electron chi connectivity index (χ3n) is 0.744. The fourth-order valence-electron chi connectivity index (χ4n) is 0.309. The van der Waals surface area contributed by atoms with E-state index in [9.17, 15) is 0 Å². The second-order valence-electron chi connectivity index (χ2n) is 1.89. The smallest absolute Gasteiger partial charge is 0.275 e. The van der Waals surface area contributed by atoms with Crippen molar-refractivity contribution in [3.8, 4) is 0 Å². The van der Waals surface area contributed by atoms with E-state index in [1.165, 1.54) is 0 Å². The maximum absolute atomic E-state index is 8.32. The Hall–Kier alpha value is 0.750. The molecule has 0 aromatic heterocycles. The summed E-state index contributed by atoms with van der Waals surface area (Å²) in [7, 11) is 0. The van der Waals surface area contributed by atoms with Gasteiger partial charge in [0.15, 0.2) is 3.79 Å². The summed E-state index contributed by atoms with van der Waals surface area (Å²) in [4.78, 5) is 0. The Kier molecular flexibility index (Phi) is 3.69. The first-order valence-electron chi connectivity index (χ1n) is 2.44. The van der Waals surface area contributed by atoms with E-state index in [1.54, 1.807) is 0 Å². The van der Waals surface area contributed by atoms with Crippen LogP contribution >= 0.6 is 34.8 Å². The van der Waals surface area contributed by atoms with Crippen LogP contribution in [0.1, 0.15) is 12.8 Å². The molecule has 0 bridgehead atoms. The normalized spacial score (nSPS) is 13.8. The third-order valence-corrected chi connectivity index (χ3v) is 1.31. The van der Waals surface area contributed by atoms with Crippen LogP contribution in [0.25, 0.3) is 0 Å². The van der Waals surface area contributed by atoms with E-state index in [-0.39, 0.29) is 6.42 Å². The fraction of sp³-hybridized carbons (Fsp3) is 1.00. The zero-order valence-corrected chi connectivity index (χ0v) is 7.16. The van der Waals surface area contributed by atoms with Gasteiger partial charge in [-0.2, -0.15) is 0 Å². The highest BCUT2D eigenvalue weighted by atomic mass is 35.6. The second kappa shape index (κ2) is 3.43. The van der Waals surface area contributed by atoms with Crippen LogP contribution in [-0.4, -0.2) is 25.1 Å². The first-order chi connectivity index (χ1) is 4.21. The zero-order valence-electron chi connectivity index (χ0n) is 4.89. The molecular formula is C4H7Cl3O3. The van der Waals surface area contributed by atoms with Gasteiger partial charge in [0, 0.05) is 12.8 Å². The number of hydrogen-bond donors (Lipinski definition) is 3. The van der Waals surface area contributed by atoms with Crippen molar-refractivity contribution in [2.75, 3.05) is 0 Å². The summed E-state index contributed by atoms with van der Waals surface area (Å²) in [6.45, 7) is 0. The van der Waals surface area contributed by atoms with E-state index >= 15 is 0 Å². The van der Waals surface area contributed by atoms with E-state index in [0.29, 0.717) is 0 Å². The standard InChI is InChI=1S/C4H7Cl3O3/c5-3(6,7)1-2-4(8,9)10/h8-10H,1-2H2. The topological polar surface area (TPSA) is 60.7 Å². The van der Waals surface area contributed by atoms with Gasteiger partial charge >= 0.3 is 0 Å². The Bertz CT molecular complexity index is 89.3. The summed E-state index contributed by atoms with van der Waals surface area (Å²) in [6.07, 6.45) is -0.523. The van der Waals surface area contributed by atoms with E-state index in [0.717, 1.165) is 0 Å². The van der Waals surface area contributed by atoms with Gasteiger partial charge in [-0.1, -0.05) is 34.8 Å². The molecule has 0 radical (unpaired) electrons. The van der Waals surface area contributed by atoms with E-state index in [1.807, 2.05) is 0 Å². The minimum Gasteiger partial charge on any atom is -0.344 e. The molecule has 62 valence electrons. The van der Waals surface area contributed by atoms with Crippen molar-refractivity contribution >= 4 is 34.8 Å². The predicted octanol–water partition coefficient (Wildman–Crippen LogP) is 0.767. The van der Waals surface area contributed by atoms with Crippen LogP contribution in [0.15, 0.2) is 0 Å². The van der Waals surface area contributed by atoms with Crippen LogP contribution in [0.5, 0.6) is 0 Å². The van der Waals surface area contributed by atoms with Gasteiger partial charge in [-0.15, -0.1) is 0 Å². The molecule has 0 saturated carbocycles. The van der Waals surface area contributed by atoms with Crippen molar-refractivity contribution in [3.05, 3.63) is 0 Å². The number of hydrogen-bond acceptors (Lipinski definition) is 3. The van der Waals surface area contributed by atoms with Crippen LogP contribution in [-0.2, 0) is 0 Å². The Balaban J connectivity index is 3.56. The molecule has 0 aliphatic carbocycles. The summed E-state index contributed by atoms with van der Waals surface area (Å²) in [5, 5.41) is 24.9. The summed E-state index contributed by atoms with van der Waals surface area (Å²) in [6, 6.07) is 0. The number of halogens is 3. The van der Waals surface area contributed by atoms with Crippen LogP contribution in [0.2, 0.25) is 0 Å². The maximum atomic E-state index is 8.32. The van der Waals surface area contributed by atoms with E-state index < -0.39 is 16.2 Å². The van der Waals surface area contributed by atoms with Gasteiger partial charge in [0.2, 0.25) is 0 Å². The minimum absolute atomic E-state index is 0.124. The van der Waals surface area contributed by atoms with Gasteiger partial charge in [-0.3, -0.25) is 0 Å². The maximum Gasteiger partial charge on any atom is 0.275 e. The predicted molar refractivity (Wildman–Crippen MR) is 38.9 cm³/mol. The molecule has 10 heavy (non-hydrogen) atoms. The van der Waals surface area contributed by atoms with Gasteiger partial charge in [-0.05, 0) is 0 Å². The second-order valence-corrected chi connectivity index (χ2v) is 4.41. The molecule has 0 saturated heterocycles. The van der Waals surface area contributed by atoms with Crippen molar-refractivity contribution in [3.63, 3.8) is 0 Å². The molecule has 0 fully saturated rings. The largest absolute Gasteiger partial charge is 0.344 e. The van der Waals surface area contributed by atoms with Crippen LogP contribution < -0.4 is 0 Å². The number of alkyl halides is 3. The quantitative estimate of drug-likeness (QED) is 0.465. The first-order valence-corrected chi connectivity index (χ1v) is 3.58. The van der Waals surface area contributed by atoms with Gasteiger partial charge in [0.25, 0.3) is 5.97 Å². The first kappa shape index (κ1) is 10.8. The molecule has 0 aromatic rings. The van der Waals surface area contributed by atoms with Gasteiger partial charge in [-0.25, -0.2) is 0 Å².